The molecule has 11 aromatic rings. The second-order valence-corrected chi connectivity index (χ2v) is 15.7. The number of fused-ring (bicyclic) bond motifs is 3. The Morgan fingerprint density at radius 1 is 0.258 bits per heavy atom. The summed E-state index contributed by atoms with van der Waals surface area (Å²) >= 11 is 0. The van der Waals surface area contributed by atoms with Gasteiger partial charge in [-0.25, -0.2) is 0 Å². The van der Waals surface area contributed by atoms with E-state index in [-0.39, 0.29) is 0 Å². The molecule has 2 heteroatoms. The van der Waals surface area contributed by atoms with Crippen molar-refractivity contribution in [2.75, 3.05) is 4.90 Å². The lowest BCUT2D eigenvalue weighted by atomic mass is 9.94. The van der Waals surface area contributed by atoms with Crippen molar-refractivity contribution in [1.29, 1.82) is 0 Å². The molecule has 2 nitrogen and oxygen atoms in total. The smallest absolute Gasteiger partial charge is 0.0561 e. The molecule has 0 saturated carbocycles. The van der Waals surface area contributed by atoms with Gasteiger partial charge in [0.25, 0.3) is 0 Å². The molecule has 0 radical (unpaired) electrons. The van der Waals surface area contributed by atoms with E-state index in [9.17, 15) is 0 Å². The Morgan fingerprint density at radius 2 is 0.710 bits per heavy atom. The summed E-state index contributed by atoms with van der Waals surface area (Å²) in [6.07, 6.45) is 0. The Bertz CT molecular complexity index is 3300. The lowest BCUT2D eigenvalue weighted by Crippen LogP contribution is -2.11. The third-order valence-electron chi connectivity index (χ3n) is 12.0. The molecule has 0 aliphatic carbocycles. The Balaban J connectivity index is 1.05. The zero-order valence-corrected chi connectivity index (χ0v) is 34.1. The van der Waals surface area contributed by atoms with Gasteiger partial charge in [-0.3, -0.25) is 0 Å². The average molecular weight is 791 g/mol. The molecule has 62 heavy (non-hydrogen) atoms. The van der Waals surface area contributed by atoms with Gasteiger partial charge in [0.15, 0.2) is 0 Å². The zero-order valence-electron chi connectivity index (χ0n) is 34.1. The predicted molar refractivity (Wildman–Crippen MR) is 263 cm³/mol. The van der Waals surface area contributed by atoms with E-state index in [2.05, 4.69) is 264 Å². The van der Waals surface area contributed by atoms with E-state index in [0.717, 1.165) is 39.4 Å². The minimum atomic E-state index is 1.08. The van der Waals surface area contributed by atoms with Gasteiger partial charge >= 0.3 is 0 Å². The Labute approximate surface area is 362 Å². The topological polar surface area (TPSA) is 8.17 Å². The number of benzene rings is 10. The highest BCUT2D eigenvalue weighted by atomic mass is 15.1. The third kappa shape index (κ3) is 6.84. The van der Waals surface area contributed by atoms with Crippen molar-refractivity contribution in [3.8, 4) is 61.3 Å². The number of aromatic nitrogens is 1. The van der Waals surface area contributed by atoms with Crippen molar-refractivity contribution in [1.82, 2.24) is 4.57 Å². The van der Waals surface area contributed by atoms with Crippen molar-refractivity contribution in [2.24, 2.45) is 0 Å². The standard InChI is InChI=1S/C60H42N2/c1-5-17-43(18-6-1)44-29-31-45(32-30-44)49-35-40-59(57(41-49)47-21-9-3-10-22-47)61(50-23-11-4-12-24-50)52-38-39-56-55-27-15-16-28-58(55)62(60(56)42-52)51-36-33-48(34-37-51)54-26-14-13-25-53(54)46-19-7-2-8-20-46/h1-42H. The lowest BCUT2D eigenvalue weighted by Gasteiger charge is -2.28. The molecule has 1 heterocycles. The van der Waals surface area contributed by atoms with Gasteiger partial charge in [-0.05, 0) is 105 Å². The van der Waals surface area contributed by atoms with Crippen LogP contribution in [0.1, 0.15) is 0 Å². The highest BCUT2D eigenvalue weighted by Gasteiger charge is 2.21. The van der Waals surface area contributed by atoms with Crippen LogP contribution in [0.4, 0.5) is 17.1 Å². The largest absolute Gasteiger partial charge is 0.310 e. The van der Waals surface area contributed by atoms with E-state index in [1.54, 1.807) is 0 Å². The molecular weight excluding hydrogens is 749 g/mol. The Kier molecular flexibility index (Phi) is 9.57. The molecule has 0 bridgehead atoms. The van der Waals surface area contributed by atoms with Crippen LogP contribution in [0.25, 0.3) is 83.1 Å². The van der Waals surface area contributed by atoms with Crippen LogP contribution in [0.5, 0.6) is 0 Å². The third-order valence-corrected chi connectivity index (χ3v) is 12.0. The van der Waals surface area contributed by atoms with Crippen molar-refractivity contribution in [3.63, 3.8) is 0 Å². The van der Waals surface area contributed by atoms with E-state index in [0.29, 0.717) is 0 Å². The molecule has 0 atom stereocenters. The molecule has 0 N–H and O–H groups in total. The SMILES string of the molecule is c1ccc(-c2ccc(-c3ccc(N(c4ccccc4)c4ccc5c6ccccc6n(-c6ccc(-c7ccccc7-c7ccccc7)cc6)c5c4)c(-c4ccccc4)c3)cc2)cc1. The normalized spacial score (nSPS) is 11.2. The zero-order chi connectivity index (χ0) is 41.2. The summed E-state index contributed by atoms with van der Waals surface area (Å²) in [5, 5.41) is 2.44. The van der Waals surface area contributed by atoms with Gasteiger partial charge in [0.05, 0.1) is 16.7 Å². The van der Waals surface area contributed by atoms with Crippen molar-refractivity contribution >= 4 is 38.9 Å². The van der Waals surface area contributed by atoms with Crippen LogP contribution in [0.15, 0.2) is 255 Å². The van der Waals surface area contributed by atoms with Gasteiger partial charge in [-0.1, -0.05) is 200 Å². The highest BCUT2D eigenvalue weighted by molar-refractivity contribution is 6.10. The summed E-state index contributed by atoms with van der Waals surface area (Å²) in [6, 6.07) is 92.0. The van der Waals surface area contributed by atoms with Gasteiger partial charge in [0.1, 0.15) is 0 Å². The second-order valence-electron chi connectivity index (χ2n) is 15.7. The highest BCUT2D eigenvalue weighted by Crippen LogP contribution is 2.45. The molecule has 1 aromatic heterocycles. The summed E-state index contributed by atoms with van der Waals surface area (Å²) in [5.74, 6) is 0. The number of anilines is 3. The molecule has 10 aromatic carbocycles. The number of rotatable bonds is 9. The monoisotopic (exact) mass is 790 g/mol. The van der Waals surface area contributed by atoms with Crippen molar-refractivity contribution in [3.05, 3.63) is 255 Å². The first-order valence-electron chi connectivity index (χ1n) is 21.3. The van der Waals surface area contributed by atoms with E-state index >= 15 is 0 Å². The minimum absolute atomic E-state index is 1.08. The predicted octanol–water partition coefficient (Wildman–Crippen LogP) is 16.6. The first-order chi connectivity index (χ1) is 30.8. The van der Waals surface area contributed by atoms with E-state index < -0.39 is 0 Å². The van der Waals surface area contributed by atoms with E-state index in [1.807, 2.05) is 0 Å². The fourth-order valence-electron chi connectivity index (χ4n) is 9.02. The van der Waals surface area contributed by atoms with Crippen LogP contribution in [0.3, 0.4) is 0 Å². The second kappa shape index (κ2) is 16.1. The first-order valence-corrected chi connectivity index (χ1v) is 21.3. The van der Waals surface area contributed by atoms with Crippen LogP contribution in [0.2, 0.25) is 0 Å². The summed E-state index contributed by atoms with van der Waals surface area (Å²) in [6.45, 7) is 0. The van der Waals surface area contributed by atoms with Gasteiger partial charge in [-0.2, -0.15) is 0 Å². The van der Waals surface area contributed by atoms with Crippen LogP contribution < -0.4 is 4.90 Å². The van der Waals surface area contributed by atoms with E-state index in [4.69, 9.17) is 0 Å². The fourth-order valence-corrected chi connectivity index (χ4v) is 9.02. The molecule has 292 valence electrons. The van der Waals surface area contributed by atoms with Crippen molar-refractivity contribution in [2.45, 2.75) is 0 Å². The maximum atomic E-state index is 2.42. The van der Waals surface area contributed by atoms with Crippen LogP contribution in [-0.2, 0) is 0 Å². The molecule has 0 unspecified atom stereocenters. The van der Waals surface area contributed by atoms with Gasteiger partial charge in [-0.15, -0.1) is 0 Å². The van der Waals surface area contributed by atoms with Gasteiger partial charge in [0.2, 0.25) is 0 Å². The quantitative estimate of drug-likeness (QED) is 0.141. The first kappa shape index (κ1) is 36.8. The maximum absolute atomic E-state index is 2.42. The van der Waals surface area contributed by atoms with Crippen LogP contribution >= 0.6 is 0 Å². The van der Waals surface area contributed by atoms with Crippen LogP contribution in [0, 0.1) is 0 Å². The van der Waals surface area contributed by atoms with Gasteiger partial charge in [0, 0.05) is 33.4 Å². The molecule has 0 spiro atoms. The molecule has 0 aliphatic heterocycles. The Morgan fingerprint density at radius 3 is 1.35 bits per heavy atom. The van der Waals surface area contributed by atoms with Gasteiger partial charge < -0.3 is 9.47 Å². The van der Waals surface area contributed by atoms with Crippen LogP contribution in [-0.4, -0.2) is 4.57 Å². The molecule has 0 amide bonds. The average Bonchev–Trinajstić information content (AvgIpc) is 3.69. The summed E-state index contributed by atoms with van der Waals surface area (Å²) in [4.78, 5) is 2.41. The van der Waals surface area contributed by atoms with E-state index in [1.165, 1.54) is 60.8 Å². The summed E-state index contributed by atoms with van der Waals surface area (Å²) < 4.78 is 2.42. The fraction of sp³-hybridized carbons (Fsp3) is 0. The lowest BCUT2D eigenvalue weighted by molar-refractivity contribution is 1.18. The molecule has 0 fully saturated rings. The molecular formula is C60H42N2. The molecule has 0 aliphatic rings. The maximum Gasteiger partial charge on any atom is 0.0561 e. The number of para-hydroxylation sites is 2. The minimum Gasteiger partial charge on any atom is -0.310 e. The molecule has 0 saturated heterocycles. The van der Waals surface area contributed by atoms with Crippen molar-refractivity contribution < 1.29 is 0 Å². The summed E-state index contributed by atoms with van der Waals surface area (Å²) in [5.41, 5.74) is 18.7. The molecule has 11 rings (SSSR count). The number of hydrogen-bond acceptors (Lipinski definition) is 1. The number of nitrogens with zero attached hydrogens (tertiary/aromatic N) is 2. The Hall–Kier alpha value is -8.20. The summed E-state index contributed by atoms with van der Waals surface area (Å²) in [7, 11) is 0. The number of hydrogen-bond donors (Lipinski definition) is 0.